The van der Waals surface area contributed by atoms with Crippen LogP contribution >= 0.6 is 11.6 Å². The number of hydrogen-bond donors (Lipinski definition) is 1. The second-order valence-corrected chi connectivity index (χ2v) is 5.79. The average Bonchev–Trinajstić information content (AvgIpc) is 2.48. The molecule has 0 unspecified atom stereocenters. The Morgan fingerprint density at radius 1 is 1.40 bits per heavy atom. The molecule has 4 heteroatoms. The number of ether oxygens (including phenoxy) is 1. The van der Waals surface area contributed by atoms with Gasteiger partial charge in [-0.25, -0.2) is 0 Å². The summed E-state index contributed by atoms with van der Waals surface area (Å²) in [6.45, 7) is 4.73. The van der Waals surface area contributed by atoms with Gasteiger partial charge in [0.15, 0.2) is 0 Å². The molecule has 3 nitrogen and oxygen atoms in total. The molecule has 0 atom stereocenters. The highest BCUT2D eigenvalue weighted by Gasteiger charge is 2.15. The van der Waals surface area contributed by atoms with E-state index in [0.717, 1.165) is 59.8 Å². The summed E-state index contributed by atoms with van der Waals surface area (Å²) in [6, 6.07) is 6.02. The smallest absolute Gasteiger partial charge is 0.0752 e. The lowest BCUT2D eigenvalue weighted by Gasteiger charge is -2.23. The van der Waals surface area contributed by atoms with E-state index in [4.69, 9.17) is 16.3 Å². The Morgan fingerprint density at radius 2 is 2.20 bits per heavy atom. The van der Waals surface area contributed by atoms with E-state index in [-0.39, 0.29) is 0 Å². The Balaban J connectivity index is 1.86. The van der Waals surface area contributed by atoms with Crippen molar-refractivity contribution in [2.45, 2.75) is 19.8 Å². The highest BCUT2D eigenvalue weighted by atomic mass is 35.5. The van der Waals surface area contributed by atoms with E-state index < -0.39 is 0 Å². The van der Waals surface area contributed by atoms with Gasteiger partial charge in [-0.2, -0.15) is 0 Å². The molecule has 0 bridgehead atoms. The van der Waals surface area contributed by atoms with Crippen LogP contribution in [0.4, 0.5) is 5.69 Å². The lowest BCUT2D eigenvalue weighted by molar-refractivity contribution is 0.0699. The fourth-order valence-corrected chi connectivity index (χ4v) is 3.09. The maximum absolute atomic E-state index is 6.41. The van der Waals surface area contributed by atoms with E-state index >= 15 is 0 Å². The van der Waals surface area contributed by atoms with Crippen molar-refractivity contribution >= 4 is 28.2 Å². The van der Waals surface area contributed by atoms with Gasteiger partial charge in [0.05, 0.1) is 16.2 Å². The number of nitrogens with one attached hydrogen (secondary N) is 1. The van der Waals surface area contributed by atoms with E-state index in [1.807, 2.05) is 25.3 Å². The van der Waals surface area contributed by atoms with Crippen LogP contribution in [0.25, 0.3) is 10.9 Å². The third kappa shape index (κ3) is 2.74. The number of aryl methyl sites for hydroxylation is 1. The van der Waals surface area contributed by atoms with E-state index in [1.54, 1.807) is 0 Å². The number of anilines is 1. The molecular formula is C16H19ClN2O. The van der Waals surface area contributed by atoms with Crippen molar-refractivity contribution < 1.29 is 4.74 Å². The first-order chi connectivity index (χ1) is 9.75. The van der Waals surface area contributed by atoms with E-state index in [1.165, 1.54) is 0 Å². The summed E-state index contributed by atoms with van der Waals surface area (Å²) in [5.74, 6) is 0.660. The predicted molar refractivity (Wildman–Crippen MR) is 83.5 cm³/mol. The van der Waals surface area contributed by atoms with Gasteiger partial charge >= 0.3 is 0 Å². The van der Waals surface area contributed by atoms with Gasteiger partial charge in [0.2, 0.25) is 0 Å². The van der Waals surface area contributed by atoms with Crippen molar-refractivity contribution in [1.82, 2.24) is 4.98 Å². The first kappa shape index (κ1) is 13.7. The number of aromatic nitrogens is 1. The van der Waals surface area contributed by atoms with Crippen LogP contribution in [0.5, 0.6) is 0 Å². The lowest BCUT2D eigenvalue weighted by atomic mass is 10.00. The SMILES string of the molecule is Cc1cc(Cl)c(NCC2CCOCC2)c2cccnc12. The Labute approximate surface area is 124 Å². The number of fused-ring (bicyclic) bond motifs is 1. The standard InChI is InChI=1S/C16H19ClN2O/c1-11-9-14(17)16(13-3-2-6-18-15(11)13)19-10-12-4-7-20-8-5-12/h2-3,6,9,12,19H,4-5,7-8,10H2,1H3. The molecule has 1 saturated heterocycles. The minimum Gasteiger partial charge on any atom is -0.383 e. The quantitative estimate of drug-likeness (QED) is 0.926. The molecule has 0 amide bonds. The molecule has 0 spiro atoms. The van der Waals surface area contributed by atoms with Crippen LogP contribution in [-0.4, -0.2) is 24.7 Å². The fourth-order valence-electron chi connectivity index (χ4n) is 2.76. The van der Waals surface area contributed by atoms with Gasteiger partial charge in [0.25, 0.3) is 0 Å². The fraction of sp³-hybridized carbons (Fsp3) is 0.438. The number of rotatable bonds is 3. The topological polar surface area (TPSA) is 34.1 Å². The molecule has 1 aromatic carbocycles. The van der Waals surface area contributed by atoms with E-state index in [0.29, 0.717) is 5.92 Å². The van der Waals surface area contributed by atoms with Gasteiger partial charge in [0, 0.05) is 31.3 Å². The van der Waals surface area contributed by atoms with Gasteiger partial charge in [-0.15, -0.1) is 0 Å². The third-order valence-corrected chi connectivity index (χ3v) is 4.24. The summed E-state index contributed by atoms with van der Waals surface area (Å²) in [6.07, 6.45) is 4.06. The van der Waals surface area contributed by atoms with Crippen molar-refractivity contribution in [3.05, 3.63) is 35.0 Å². The first-order valence-electron chi connectivity index (χ1n) is 7.11. The second-order valence-electron chi connectivity index (χ2n) is 5.39. The summed E-state index contributed by atoms with van der Waals surface area (Å²) < 4.78 is 5.40. The highest BCUT2D eigenvalue weighted by molar-refractivity contribution is 6.35. The summed E-state index contributed by atoms with van der Waals surface area (Å²) in [7, 11) is 0. The molecule has 1 fully saturated rings. The molecule has 0 aliphatic carbocycles. The average molecular weight is 291 g/mol. The number of nitrogens with zero attached hydrogens (tertiary/aromatic N) is 1. The molecule has 1 N–H and O–H groups in total. The van der Waals surface area contributed by atoms with Gasteiger partial charge in [-0.3, -0.25) is 4.98 Å². The van der Waals surface area contributed by atoms with Crippen LogP contribution in [0.3, 0.4) is 0 Å². The Kier molecular flexibility index (Phi) is 4.08. The van der Waals surface area contributed by atoms with Crippen molar-refractivity contribution in [1.29, 1.82) is 0 Å². The first-order valence-corrected chi connectivity index (χ1v) is 7.49. The zero-order valence-electron chi connectivity index (χ0n) is 11.7. The molecule has 1 aliphatic heterocycles. The molecule has 2 aromatic rings. The molecule has 3 rings (SSSR count). The normalized spacial score (nSPS) is 16.5. The minimum absolute atomic E-state index is 0.660. The highest BCUT2D eigenvalue weighted by Crippen LogP contribution is 2.33. The van der Waals surface area contributed by atoms with E-state index in [9.17, 15) is 0 Å². The van der Waals surface area contributed by atoms with Crippen molar-refractivity contribution in [3.8, 4) is 0 Å². The van der Waals surface area contributed by atoms with Crippen LogP contribution in [-0.2, 0) is 4.74 Å². The zero-order chi connectivity index (χ0) is 13.9. The molecule has 1 aliphatic rings. The molecule has 0 saturated carbocycles. The van der Waals surface area contributed by atoms with Gasteiger partial charge in [-0.1, -0.05) is 11.6 Å². The zero-order valence-corrected chi connectivity index (χ0v) is 12.4. The van der Waals surface area contributed by atoms with Gasteiger partial charge in [0.1, 0.15) is 0 Å². The van der Waals surface area contributed by atoms with E-state index in [2.05, 4.69) is 16.4 Å². The van der Waals surface area contributed by atoms with Crippen LogP contribution in [0.2, 0.25) is 5.02 Å². The largest absolute Gasteiger partial charge is 0.383 e. The Hall–Kier alpha value is -1.32. The van der Waals surface area contributed by atoms with Gasteiger partial charge < -0.3 is 10.1 Å². The third-order valence-electron chi connectivity index (χ3n) is 3.94. The number of pyridine rings is 1. The predicted octanol–water partition coefficient (Wildman–Crippen LogP) is 4.04. The van der Waals surface area contributed by atoms with Crippen LogP contribution in [0.15, 0.2) is 24.4 Å². The minimum atomic E-state index is 0.660. The van der Waals surface area contributed by atoms with Crippen molar-refractivity contribution in [3.63, 3.8) is 0 Å². The van der Waals surface area contributed by atoms with Crippen LogP contribution < -0.4 is 5.32 Å². The molecular weight excluding hydrogens is 272 g/mol. The summed E-state index contributed by atoms with van der Waals surface area (Å²) in [5, 5.41) is 5.40. The summed E-state index contributed by atoms with van der Waals surface area (Å²) in [5.41, 5.74) is 3.14. The molecule has 1 aromatic heterocycles. The summed E-state index contributed by atoms with van der Waals surface area (Å²) in [4.78, 5) is 4.46. The molecule has 2 heterocycles. The monoisotopic (exact) mass is 290 g/mol. The maximum atomic E-state index is 6.41. The molecule has 106 valence electrons. The molecule has 20 heavy (non-hydrogen) atoms. The Morgan fingerprint density at radius 3 is 3.00 bits per heavy atom. The van der Waals surface area contributed by atoms with Crippen molar-refractivity contribution in [2.75, 3.05) is 25.1 Å². The van der Waals surface area contributed by atoms with Crippen LogP contribution in [0, 0.1) is 12.8 Å². The Bertz CT molecular complexity index is 609. The van der Waals surface area contributed by atoms with Crippen molar-refractivity contribution in [2.24, 2.45) is 5.92 Å². The summed E-state index contributed by atoms with van der Waals surface area (Å²) >= 11 is 6.41. The molecule has 0 radical (unpaired) electrons. The van der Waals surface area contributed by atoms with Crippen LogP contribution in [0.1, 0.15) is 18.4 Å². The number of hydrogen-bond acceptors (Lipinski definition) is 3. The second kappa shape index (κ2) is 5.98. The lowest BCUT2D eigenvalue weighted by Crippen LogP contribution is -2.22. The number of benzene rings is 1. The maximum Gasteiger partial charge on any atom is 0.0752 e. The van der Waals surface area contributed by atoms with Gasteiger partial charge in [-0.05, 0) is 49.4 Å². The number of halogens is 1.